The topological polar surface area (TPSA) is 35.6 Å². The summed E-state index contributed by atoms with van der Waals surface area (Å²) in [6.45, 7) is 7.41. The van der Waals surface area contributed by atoms with E-state index in [9.17, 15) is 4.79 Å². The van der Waals surface area contributed by atoms with Crippen LogP contribution < -0.4 is 5.32 Å². The maximum Gasteiger partial charge on any atom is 0.317 e. The molecule has 25 heavy (non-hydrogen) atoms. The predicted octanol–water partition coefficient (Wildman–Crippen LogP) is 3.71. The second kappa shape index (κ2) is 9.04. The zero-order valence-corrected chi connectivity index (χ0v) is 15.5. The van der Waals surface area contributed by atoms with E-state index in [0.717, 1.165) is 45.7 Å². The Balaban J connectivity index is 1.35. The minimum atomic E-state index is 0.103. The number of allylic oxidation sites excluding steroid dienone is 1. The molecule has 0 radical (unpaired) electrons. The van der Waals surface area contributed by atoms with Crippen molar-refractivity contribution in [3.8, 4) is 0 Å². The molecule has 4 heteroatoms. The lowest BCUT2D eigenvalue weighted by Gasteiger charge is -2.34. The number of nitrogens with zero attached hydrogens (tertiary/aromatic N) is 2. The largest absolute Gasteiger partial charge is 0.338 e. The number of carbonyl (C=O) groups is 1. The highest BCUT2D eigenvalue weighted by Gasteiger charge is 2.20. The van der Waals surface area contributed by atoms with Crippen LogP contribution >= 0.6 is 0 Å². The molecule has 1 saturated heterocycles. The fourth-order valence-corrected chi connectivity index (χ4v) is 3.63. The van der Waals surface area contributed by atoms with Gasteiger partial charge in [0.2, 0.25) is 0 Å². The molecule has 136 valence electrons. The first-order valence-corrected chi connectivity index (χ1v) is 9.69. The number of rotatable bonds is 5. The maximum atomic E-state index is 12.3. The van der Waals surface area contributed by atoms with E-state index in [0.29, 0.717) is 0 Å². The van der Waals surface area contributed by atoms with Crippen molar-refractivity contribution in [3.05, 3.63) is 47.0 Å². The molecule has 1 aliphatic carbocycles. The molecule has 2 amide bonds. The van der Waals surface area contributed by atoms with Crippen molar-refractivity contribution in [1.82, 2.24) is 15.1 Å². The van der Waals surface area contributed by atoms with Crippen LogP contribution in [0.25, 0.3) is 0 Å². The summed E-state index contributed by atoms with van der Waals surface area (Å²) in [5.74, 6) is 0. The van der Waals surface area contributed by atoms with Crippen LogP contribution in [-0.4, -0.2) is 48.6 Å². The van der Waals surface area contributed by atoms with E-state index < -0.39 is 0 Å². The van der Waals surface area contributed by atoms with Gasteiger partial charge in [0.15, 0.2) is 0 Å². The van der Waals surface area contributed by atoms with E-state index >= 15 is 0 Å². The smallest absolute Gasteiger partial charge is 0.317 e. The first kappa shape index (κ1) is 18.0. The standard InChI is InChI=1S/C21H31N3O/c1-18-7-9-20(10-8-18)17-23-13-15-24(16-14-23)21(25)22-12-11-19-5-3-2-4-6-19/h5,7-10H,2-4,6,11-17H2,1H3,(H,22,25). The number of benzene rings is 1. The van der Waals surface area contributed by atoms with Gasteiger partial charge in [-0.2, -0.15) is 0 Å². The third-order valence-electron chi connectivity index (χ3n) is 5.29. The molecule has 0 unspecified atom stereocenters. The van der Waals surface area contributed by atoms with E-state index in [4.69, 9.17) is 0 Å². The summed E-state index contributed by atoms with van der Waals surface area (Å²) < 4.78 is 0. The SMILES string of the molecule is Cc1ccc(CN2CCN(C(=O)NCCC3=CCCCC3)CC2)cc1. The number of aryl methyl sites for hydroxylation is 1. The molecule has 3 rings (SSSR count). The van der Waals surface area contributed by atoms with Gasteiger partial charge in [0.05, 0.1) is 0 Å². The highest BCUT2D eigenvalue weighted by Crippen LogP contribution is 2.19. The van der Waals surface area contributed by atoms with Gasteiger partial charge in [0.25, 0.3) is 0 Å². The molecular weight excluding hydrogens is 310 g/mol. The summed E-state index contributed by atoms with van der Waals surface area (Å²) in [6, 6.07) is 8.84. The van der Waals surface area contributed by atoms with Crippen molar-refractivity contribution in [2.24, 2.45) is 0 Å². The first-order chi connectivity index (χ1) is 12.2. The molecule has 1 heterocycles. The van der Waals surface area contributed by atoms with Crippen molar-refractivity contribution >= 4 is 6.03 Å². The Morgan fingerprint density at radius 3 is 2.52 bits per heavy atom. The Labute approximate surface area is 151 Å². The van der Waals surface area contributed by atoms with E-state index in [2.05, 4.69) is 47.5 Å². The Morgan fingerprint density at radius 1 is 1.08 bits per heavy atom. The molecule has 4 nitrogen and oxygen atoms in total. The van der Waals surface area contributed by atoms with E-state index in [1.165, 1.54) is 42.4 Å². The first-order valence-electron chi connectivity index (χ1n) is 9.69. The van der Waals surface area contributed by atoms with Gasteiger partial charge >= 0.3 is 6.03 Å². The van der Waals surface area contributed by atoms with Crippen LogP contribution in [0, 0.1) is 6.92 Å². The number of hydrogen-bond acceptors (Lipinski definition) is 2. The quantitative estimate of drug-likeness (QED) is 0.829. The Kier molecular flexibility index (Phi) is 6.51. The Morgan fingerprint density at radius 2 is 1.84 bits per heavy atom. The van der Waals surface area contributed by atoms with E-state index in [-0.39, 0.29) is 6.03 Å². The van der Waals surface area contributed by atoms with Crippen LogP contribution in [0.2, 0.25) is 0 Å². The molecule has 1 aromatic carbocycles. The summed E-state index contributed by atoms with van der Waals surface area (Å²) in [6.07, 6.45) is 8.43. The molecular formula is C21H31N3O. The fourth-order valence-electron chi connectivity index (χ4n) is 3.63. The van der Waals surface area contributed by atoms with Gasteiger partial charge in [0, 0.05) is 39.3 Å². The van der Waals surface area contributed by atoms with Crippen molar-refractivity contribution < 1.29 is 4.79 Å². The molecule has 0 atom stereocenters. The number of piperazine rings is 1. The van der Waals surface area contributed by atoms with Crippen LogP contribution in [0.3, 0.4) is 0 Å². The van der Waals surface area contributed by atoms with E-state index in [1.807, 2.05) is 4.90 Å². The second-order valence-electron chi connectivity index (χ2n) is 7.34. The zero-order chi connectivity index (χ0) is 17.5. The van der Waals surface area contributed by atoms with Gasteiger partial charge in [-0.3, -0.25) is 4.90 Å². The fraction of sp³-hybridized carbons (Fsp3) is 0.571. The minimum Gasteiger partial charge on any atom is -0.338 e. The molecule has 0 bridgehead atoms. The van der Waals surface area contributed by atoms with Crippen molar-refractivity contribution in [3.63, 3.8) is 0 Å². The zero-order valence-electron chi connectivity index (χ0n) is 15.5. The second-order valence-corrected chi connectivity index (χ2v) is 7.34. The van der Waals surface area contributed by atoms with Gasteiger partial charge in [0.1, 0.15) is 0 Å². The van der Waals surface area contributed by atoms with Crippen LogP contribution in [0.1, 0.15) is 43.2 Å². The lowest BCUT2D eigenvalue weighted by atomic mass is 9.97. The Bertz CT molecular complexity index is 586. The minimum absolute atomic E-state index is 0.103. The summed E-state index contributed by atoms with van der Waals surface area (Å²) in [5.41, 5.74) is 4.17. The number of nitrogens with one attached hydrogen (secondary N) is 1. The molecule has 0 spiro atoms. The normalized spacial score (nSPS) is 18.8. The van der Waals surface area contributed by atoms with Crippen LogP contribution in [0.15, 0.2) is 35.9 Å². The van der Waals surface area contributed by atoms with Crippen LogP contribution in [0.5, 0.6) is 0 Å². The molecule has 1 aliphatic heterocycles. The Hall–Kier alpha value is -1.81. The van der Waals surface area contributed by atoms with Crippen molar-refractivity contribution in [2.45, 2.75) is 45.6 Å². The molecule has 0 aromatic heterocycles. The van der Waals surface area contributed by atoms with E-state index in [1.54, 1.807) is 0 Å². The lowest BCUT2D eigenvalue weighted by Crippen LogP contribution is -2.51. The number of carbonyl (C=O) groups excluding carboxylic acids is 1. The van der Waals surface area contributed by atoms with Gasteiger partial charge < -0.3 is 10.2 Å². The number of urea groups is 1. The van der Waals surface area contributed by atoms with Crippen LogP contribution in [-0.2, 0) is 6.54 Å². The van der Waals surface area contributed by atoms with Crippen molar-refractivity contribution in [2.75, 3.05) is 32.7 Å². The lowest BCUT2D eigenvalue weighted by molar-refractivity contribution is 0.135. The molecule has 1 N–H and O–H groups in total. The molecule has 1 fully saturated rings. The van der Waals surface area contributed by atoms with Crippen molar-refractivity contribution in [1.29, 1.82) is 0 Å². The van der Waals surface area contributed by atoms with Gasteiger partial charge in [-0.15, -0.1) is 0 Å². The average Bonchev–Trinajstić information content (AvgIpc) is 2.65. The highest BCUT2D eigenvalue weighted by atomic mass is 16.2. The summed E-state index contributed by atoms with van der Waals surface area (Å²) in [4.78, 5) is 16.7. The third-order valence-corrected chi connectivity index (χ3v) is 5.29. The highest BCUT2D eigenvalue weighted by molar-refractivity contribution is 5.74. The van der Waals surface area contributed by atoms with Gasteiger partial charge in [-0.1, -0.05) is 41.5 Å². The molecule has 1 aromatic rings. The summed E-state index contributed by atoms with van der Waals surface area (Å²) in [5, 5.41) is 3.10. The predicted molar refractivity (Wildman–Crippen MR) is 103 cm³/mol. The summed E-state index contributed by atoms with van der Waals surface area (Å²) in [7, 11) is 0. The molecule has 2 aliphatic rings. The average molecular weight is 341 g/mol. The maximum absolute atomic E-state index is 12.3. The van der Waals surface area contributed by atoms with Gasteiger partial charge in [-0.25, -0.2) is 4.79 Å². The monoisotopic (exact) mass is 341 g/mol. The number of hydrogen-bond donors (Lipinski definition) is 1. The van der Waals surface area contributed by atoms with Crippen LogP contribution in [0.4, 0.5) is 4.79 Å². The van der Waals surface area contributed by atoms with Gasteiger partial charge in [-0.05, 0) is 44.6 Å². The molecule has 0 saturated carbocycles. The third kappa shape index (κ3) is 5.60. The number of amides is 2. The summed E-state index contributed by atoms with van der Waals surface area (Å²) >= 11 is 0.